The summed E-state index contributed by atoms with van der Waals surface area (Å²) < 4.78 is 0. The Morgan fingerprint density at radius 1 is 1.40 bits per heavy atom. The number of aliphatic hydroxyl groups excluding tert-OH is 1. The maximum Gasteiger partial charge on any atom is 0.0568 e. The van der Waals surface area contributed by atoms with Crippen molar-refractivity contribution in [3.8, 4) is 0 Å². The van der Waals surface area contributed by atoms with Crippen molar-refractivity contribution in [2.75, 3.05) is 0 Å². The summed E-state index contributed by atoms with van der Waals surface area (Å²) in [5.74, 6) is 0.419. The van der Waals surface area contributed by atoms with Crippen LogP contribution in [0.3, 0.4) is 0 Å². The van der Waals surface area contributed by atoms with Gasteiger partial charge in [-0.1, -0.05) is 26.3 Å². The average molecular weight is 142 g/mol. The lowest BCUT2D eigenvalue weighted by atomic mass is 9.94. The standard InChI is InChI=1S/C9H18O/c1-4-7-8(5-2)9(10)6-3/h4,8-10H,1,5-7H2,2-3H3/t8-,9+/m1/s1. The topological polar surface area (TPSA) is 20.2 Å². The van der Waals surface area contributed by atoms with Gasteiger partial charge in [-0.15, -0.1) is 6.58 Å². The van der Waals surface area contributed by atoms with Gasteiger partial charge in [0.2, 0.25) is 0 Å². The Morgan fingerprint density at radius 2 is 2.00 bits per heavy atom. The molecule has 0 aliphatic carbocycles. The third kappa shape index (κ3) is 3.02. The van der Waals surface area contributed by atoms with Crippen molar-refractivity contribution < 1.29 is 5.11 Å². The van der Waals surface area contributed by atoms with E-state index in [9.17, 15) is 5.11 Å². The van der Waals surface area contributed by atoms with Crippen molar-refractivity contribution in [3.05, 3.63) is 12.7 Å². The molecule has 2 atom stereocenters. The SMILES string of the molecule is C=CC[C@@H](CC)[C@@H](O)CC. The molecule has 0 amide bonds. The molecule has 0 aromatic rings. The zero-order valence-electron chi connectivity index (χ0n) is 7.01. The zero-order valence-corrected chi connectivity index (χ0v) is 7.01. The quantitative estimate of drug-likeness (QED) is 0.584. The molecule has 1 nitrogen and oxygen atoms in total. The van der Waals surface area contributed by atoms with Crippen LogP contribution < -0.4 is 0 Å². The van der Waals surface area contributed by atoms with Crippen LogP contribution in [0.1, 0.15) is 33.1 Å². The van der Waals surface area contributed by atoms with Crippen molar-refractivity contribution in [1.82, 2.24) is 0 Å². The highest BCUT2D eigenvalue weighted by atomic mass is 16.3. The van der Waals surface area contributed by atoms with E-state index in [4.69, 9.17) is 0 Å². The second-order valence-electron chi connectivity index (χ2n) is 2.67. The second-order valence-corrected chi connectivity index (χ2v) is 2.67. The Labute approximate surface area is 63.8 Å². The lowest BCUT2D eigenvalue weighted by molar-refractivity contribution is 0.103. The molecule has 10 heavy (non-hydrogen) atoms. The molecule has 0 aromatic carbocycles. The third-order valence-electron chi connectivity index (χ3n) is 1.96. The molecule has 0 fully saturated rings. The molecule has 0 radical (unpaired) electrons. The van der Waals surface area contributed by atoms with E-state index in [2.05, 4.69) is 13.5 Å². The van der Waals surface area contributed by atoms with Gasteiger partial charge in [-0.3, -0.25) is 0 Å². The highest BCUT2D eigenvalue weighted by Crippen LogP contribution is 2.15. The Bertz CT molecular complexity index is 88.7. The highest BCUT2D eigenvalue weighted by Gasteiger charge is 2.12. The highest BCUT2D eigenvalue weighted by molar-refractivity contribution is 4.76. The second kappa shape index (κ2) is 5.48. The predicted octanol–water partition coefficient (Wildman–Crippen LogP) is 2.36. The molecular weight excluding hydrogens is 124 g/mol. The molecule has 1 heteroatoms. The van der Waals surface area contributed by atoms with Crippen LogP contribution in [-0.2, 0) is 0 Å². The van der Waals surface area contributed by atoms with Crippen molar-refractivity contribution in [3.63, 3.8) is 0 Å². The molecule has 0 aromatic heterocycles. The van der Waals surface area contributed by atoms with E-state index >= 15 is 0 Å². The lowest BCUT2D eigenvalue weighted by Crippen LogP contribution is -2.17. The fourth-order valence-corrected chi connectivity index (χ4v) is 1.14. The molecule has 0 bridgehead atoms. The monoisotopic (exact) mass is 142 g/mol. The Kier molecular flexibility index (Phi) is 5.32. The van der Waals surface area contributed by atoms with Crippen molar-refractivity contribution in [2.24, 2.45) is 5.92 Å². The fraction of sp³-hybridized carbons (Fsp3) is 0.778. The van der Waals surface area contributed by atoms with E-state index in [1.165, 1.54) is 0 Å². The van der Waals surface area contributed by atoms with Gasteiger partial charge in [-0.2, -0.15) is 0 Å². The van der Waals surface area contributed by atoms with Crippen molar-refractivity contribution in [1.29, 1.82) is 0 Å². The summed E-state index contributed by atoms with van der Waals surface area (Å²) in [5.41, 5.74) is 0. The first-order valence-corrected chi connectivity index (χ1v) is 4.05. The minimum absolute atomic E-state index is 0.136. The Balaban J connectivity index is 3.67. The van der Waals surface area contributed by atoms with Crippen LogP contribution in [0.4, 0.5) is 0 Å². The molecular formula is C9H18O. The summed E-state index contributed by atoms with van der Waals surface area (Å²) in [7, 11) is 0. The van der Waals surface area contributed by atoms with E-state index in [0.717, 1.165) is 19.3 Å². The van der Waals surface area contributed by atoms with E-state index < -0.39 is 0 Å². The molecule has 0 saturated carbocycles. The van der Waals surface area contributed by atoms with Crippen molar-refractivity contribution in [2.45, 2.75) is 39.2 Å². The summed E-state index contributed by atoms with van der Waals surface area (Å²) >= 11 is 0. The minimum Gasteiger partial charge on any atom is -0.393 e. The number of hydrogen-bond donors (Lipinski definition) is 1. The van der Waals surface area contributed by atoms with E-state index in [1.807, 2.05) is 13.0 Å². The number of aliphatic hydroxyl groups is 1. The lowest BCUT2D eigenvalue weighted by Gasteiger charge is -2.17. The average Bonchev–Trinajstić information content (AvgIpc) is 1.99. The van der Waals surface area contributed by atoms with Gasteiger partial charge in [0.1, 0.15) is 0 Å². The third-order valence-corrected chi connectivity index (χ3v) is 1.96. The van der Waals surface area contributed by atoms with Gasteiger partial charge in [0, 0.05) is 0 Å². The van der Waals surface area contributed by atoms with Gasteiger partial charge in [0.15, 0.2) is 0 Å². The molecule has 1 N–H and O–H groups in total. The molecule has 0 spiro atoms. The smallest absolute Gasteiger partial charge is 0.0568 e. The van der Waals surface area contributed by atoms with Gasteiger partial charge in [0.05, 0.1) is 6.10 Å². The largest absolute Gasteiger partial charge is 0.393 e. The number of hydrogen-bond acceptors (Lipinski definition) is 1. The van der Waals surface area contributed by atoms with Crippen LogP contribution in [0, 0.1) is 5.92 Å². The van der Waals surface area contributed by atoms with Crippen LogP contribution in [-0.4, -0.2) is 11.2 Å². The van der Waals surface area contributed by atoms with Crippen LogP contribution in [0.2, 0.25) is 0 Å². The summed E-state index contributed by atoms with van der Waals surface area (Å²) in [6.07, 6.45) is 4.58. The molecule has 0 saturated heterocycles. The van der Waals surface area contributed by atoms with E-state index in [-0.39, 0.29) is 6.10 Å². The van der Waals surface area contributed by atoms with Gasteiger partial charge in [-0.25, -0.2) is 0 Å². The van der Waals surface area contributed by atoms with Crippen LogP contribution >= 0.6 is 0 Å². The summed E-state index contributed by atoms with van der Waals surface area (Å²) in [6.45, 7) is 7.77. The van der Waals surface area contributed by atoms with E-state index in [1.54, 1.807) is 0 Å². The molecule has 60 valence electrons. The molecule has 0 heterocycles. The summed E-state index contributed by atoms with van der Waals surface area (Å²) in [4.78, 5) is 0. The Hall–Kier alpha value is -0.300. The molecule has 0 aliphatic rings. The minimum atomic E-state index is -0.136. The molecule has 0 aliphatic heterocycles. The van der Waals surface area contributed by atoms with Crippen LogP contribution in [0.5, 0.6) is 0 Å². The predicted molar refractivity (Wildman–Crippen MR) is 44.9 cm³/mol. The molecule has 0 unspecified atom stereocenters. The maximum atomic E-state index is 9.40. The summed E-state index contributed by atoms with van der Waals surface area (Å²) in [5, 5.41) is 9.40. The van der Waals surface area contributed by atoms with Gasteiger partial charge in [-0.05, 0) is 18.8 Å². The fourth-order valence-electron chi connectivity index (χ4n) is 1.14. The van der Waals surface area contributed by atoms with Crippen LogP contribution in [0.15, 0.2) is 12.7 Å². The van der Waals surface area contributed by atoms with Gasteiger partial charge < -0.3 is 5.11 Å². The van der Waals surface area contributed by atoms with E-state index in [0.29, 0.717) is 5.92 Å². The normalized spacial score (nSPS) is 16.3. The molecule has 0 rings (SSSR count). The first-order valence-electron chi connectivity index (χ1n) is 4.05. The maximum absolute atomic E-state index is 9.40. The number of rotatable bonds is 5. The zero-order chi connectivity index (χ0) is 7.98. The van der Waals surface area contributed by atoms with Gasteiger partial charge in [0.25, 0.3) is 0 Å². The van der Waals surface area contributed by atoms with Gasteiger partial charge >= 0.3 is 0 Å². The number of allylic oxidation sites excluding steroid dienone is 1. The first-order chi connectivity index (χ1) is 4.76. The Morgan fingerprint density at radius 3 is 2.30 bits per heavy atom. The van der Waals surface area contributed by atoms with Crippen LogP contribution in [0.25, 0.3) is 0 Å². The first kappa shape index (κ1) is 9.70. The van der Waals surface area contributed by atoms with Crippen molar-refractivity contribution >= 4 is 0 Å². The summed E-state index contributed by atoms with van der Waals surface area (Å²) in [6, 6.07) is 0.